The molecule has 0 saturated carbocycles. The Morgan fingerprint density at radius 3 is 2.90 bits per heavy atom. The molecule has 4 nitrogen and oxygen atoms in total. The lowest BCUT2D eigenvalue weighted by atomic mass is 10.2. The summed E-state index contributed by atoms with van der Waals surface area (Å²) in [6.07, 6.45) is 4.73. The predicted molar refractivity (Wildman–Crippen MR) is 84.8 cm³/mol. The lowest BCUT2D eigenvalue weighted by Gasteiger charge is -2.07. The highest BCUT2D eigenvalue weighted by Gasteiger charge is 2.11. The van der Waals surface area contributed by atoms with E-state index in [4.69, 9.17) is 11.6 Å². The van der Waals surface area contributed by atoms with Crippen LogP contribution in [-0.2, 0) is 0 Å². The number of carbonyl (C=O) groups is 1. The van der Waals surface area contributed by atoms with Gasteiger partial charge >= 0.3 is 0 Å². The summed E-state index contributed by atoms with van der Waals surface area (Å²) in [5.41, 5.74) is 2.05. The molecular weight excluding hydrogens is 306 g/mol. The van der Waals surface area contributed by atoms with E-state index in [-0.39, 0.29) is 5.91 Å². The molecule has 0 fully saturated rings. The summed E-state index contributed by atoms with van der Waals surface area (Å²) in [6, 6.07) is 9.12. The van der Waals surface area contributed by atoms with Crippen molar-refractivity contribution in [2.45, 2.75) is 0 Å². The number of pyridine rings is 1. The van der Waals surface area contributed by atoms with Gasteiger partial charge in [0.25, 0.3) is 5.91 Å². The fourth-order valence-electron chi connectivity index (χ4n) is 1.85. The molecule has 1 aromatic carbocycles. The van der Waals surface area contributed by atoms with Crippen molar-refractivity contribution in [3.05, 3.63) is 64.9 Å². The molecule has 3 rings (SSSR count). The molecule has 2 aromatic heterocycles. The molecule has 0 aliphatic carbocycles. The second-order valence-corrected chi connectivity index (χ2v) is 5.53. The van der Waals surface area contributed by atoms with Crippen molar-refractivity contribution in [1.29, 1.82) is 0 Å². The zero-order chi connectivity index (χ0) is 14.7. The molecule has 0 atom stereocenters. The van der Waals surface area contributed by atoms with E-state index in [1.165, 1.54) is 12.4 Å². The Morgan fingerprint density at radius 1 is 1.24 bits per heavy atom. The normalized spacial score (nSPS) is 10.3. The molecule has 1 amide bonds. The molecule has 2 heterocycles. The van der Waals surface area contributed by atoms with E-state index < -0.39 is 0 Å². The molecule has 104 valence electrons. The van der Waals surface area contributed by atoms with Gasteiger partial charge in [-0.05, 0) is 18.2 Å². The smallest absolute Gasteiger partial charge is 0.257 e. The maximum atomic E-state index is 12.2. The molecule has 1 N–H and O–H groups in total. The third-order valence-corrected chi connectivity index (χ3v) is 3.94. The molecule has 0 saturated heterocycles. The molecule has 21 heavy (non-hydrogen) atoms. The van der Waals surface area contributed by atoms with Gasteiger partial charge in [-0.2, -0.15) is 0 Å². The Kier molecular flexibility index (Phi) is 3.94. The van der Waals surface area contributed by atoms with Crippen LogP contribution in [0.1, 0.15) is 10.4 Å². The number of rotatable bonds is 3. The Bertz CT molecular complexity index is 774. The van der Waals surface area contributed by atoms with Gasteiger partial charge in [0.15, 0.2) is 0 Å². The average Bonchev–Trinajstić information content (AvgIpc) is 3.02. The van der Waals surface area contributed by atoms with Crippen molar-refractivity contribution in [1.82, 2.24) is 9.97 Å². The topological polar surface area (TPSA) is 54.9 Å². The van der Waals surface area contributed by atoms with Crippen LogP contribution in [0.25, 0.3) is 10.6 Å². The van der Waals surface area contributed by atoms with E-state index in [0.29, 0.717) is 16.3 Å². The van der Waals surface area contributed by atoms with Crippen LogP contribution in [-0.4, -0.2) is 15.9 Å². The summed E-state index contributed by atoms with van der Waals surface area (Å²) in [5.74, 6) is -0.265. The Morgan fingerprint density at radius 2 is 2.14 bits per heavy atom. The van der Waals surface area contributed by atoms with Crippen LogP contribution in [0, 0.1) is 0 Å². The molecule has 0 radical (unpaired) electrons. The number of hydrogen-bond donors (Lipinski definition) is 1. The van der Waals surface area contributed by atoms with Crippen LogP contribution in [0.3, 0.4) is 0 Å². The van der Waals surface area contributed by atoms with Crippen LogP contribution in [0.5, 0.6) is 0 Å². The Hall–Kier alpha value is -2.24. The van der Waals surface area contributed by atoms with Crippen LogP contribution < -0.4 is 5.32 Å². The minimum absolute atomic E-state index is 0.265. The highest BCUT2D eigenvalue weighted by Crippen LogP contribution is 2.25. The van der Waals surface area contributed by atoms with Gasteiger partial charge in [-0.1, -0.05) is 23.7 Å². The van der Waals surface area contributed by atoms with Crippen LogP contribution in [0.15, 0.2) is 54.3 Å². The average molecular weight is 316 g/mol. The Balaban J connectivity index is 1.84. The minimum Gasteiger partial charge on any atom is -0.322 e. The second-order valence-electron chi connectivity index (χ2n) is 4.23. The monoisotopic (exact) mass is 315 g/mol. The van der Waals surface area contributed by atoms with Crippen molar-refractivity contribution in [3.63, 3.8) is 0 Å². The quantitative estimate of drug-likeness (QED) is 0.791. The van der Waals surface area contributed by atoms with Gasteiger partial charge in [-0.25, -0.2) is 4.98 Å². The first-order valence-corrected chi connectivity index (χ1v) is 7.40. The molecule has 0 spiro atoms. The Labute approximate surface area is 130 Å². The maximum Gasteiger partial charge on any atom is 0.257 e. The lowest BCUT2D eigenvalue weighted by molar-refractivity contribution is 0.102. The number of anilines is 1. The molecule has 6 heteroatoms. The van der Waals surface area contributed by atoms with Gasteiger partial charge in [0.05, 0.1) is 10.6 Å². The first-order chi connectivity index (χ1) is 10.2. The van der Waals surface area contributed by atoms with Crippen molar-refractivity contribution in [2.24, 2.45) is 0 Å². The van der Waals surface area contributed by atoms with E-state index in [2.05, 4.69) is 15.3 Å². The van der Waals surface area contributed by atoms with Crippen molar-refractivity contribution in [3.8, 4) is 10.6 Å². The molecule has 0 bridgehead atoms. The summed E-state index contributed by atoms with van der Waals surface area (Å²) in [5, 5.41) is 5.98. The number of hydrogen-bond acceptors (Lipinski definition) is 4. The summed E-state index contributed by atoms with van der Waals surface area (Å²) in [4.78, 5) is 20.3. The summed E-state index contributed by atoms with van der Waals surface area (Å²) in [7, 11) is 0. The number of aromatic nitrogens is 2. The largest absolute Gasteiger partial charge is 0.322 e. The fourth-order valence-corrected chi connectivity index (χ4v) is 2.69. The number of nitrogens with one attached hydrogen (secondary N) is 1. The number of thiazole rings is 1. The van der Waals surface area contributed by atoms with E-state index in [1.807, 2.05) is 29.6 Å². The zero-order valence-electron chi connectivity index (χ0n) is 10.8. The number of halogens is 1. The highest BCUT2D eigenvalue weighted by atomic mass is 35.5. The van der Waals surface area contributed by atoms with Crippen LogP contribution in [0.2, 0.25) is 5.02 Å². The summed E-state index contributed by atoms with van der Waals surface area (Å²) in [6.45, 7) is 0. The van der Waals surface area contributed by atoms with Gasteiger partial charge < -0.3 is 5.32 Å². The number of nitrogens with zero attached hydrogens (tertiary/aromatic N) is 2. The SMILES string of the molecule is O=C(Nc1cccc(-c2nccs2)c1)c1ccncc1Cl. The summed E-state index contributed by atoms with van der Waals surface area (Å²) < 4.78 is 0. The number of carbonyl (C=O) groups excluding carboxylic acids is 1. The molecule has 0 unspecified atom stereocenters. The predicted octanol–water partition coefficient (Wildman–Crippen LogP) is 4.11. The number of benzene rings is 1. The van der Waals surface area contributed by atoms with Gasteiger partial charge in [0.1, 0.15) is 5.01 Å². The van der Waals surface area contributed by atoms with Crippen molar-refractivity contribution < 1.29 is 4.79 Å². The number of amides is 1. The van der Waals surface area contributed by atoms with Gasteiger partial charge in [-0.15, -0.1) is 11.3 Å². The maximum absolute atomic E-state index is 12.2. The zero-order valence-corrected chi connectivity index (χ0v) is 12.4. The molecular formula is C15H10ClN3OS. The fraction of sp³-hybridized carbons (Fsp3) is 0. The molecule has 3 aromatic rings. The van der Waals surface area contributed by atoms with Crippen LogP contribution >= 0.6 is 22.9 Å². The third kappa shape index (κ3) is 3.09. The van der Waals surface area contributed by atoms with Gasteiger partial charge in [0.2, 0.25) is 0 Å². The van der Waals surface area contributed by atoms with E-state index in [0.717, 1.165) is 10.6 Å². The first kappa shape index (κ1) is 13.7. The van der Waals surface area contributed by atoms with Crippen molar-refractivity contribution >= 4 is 34.5 Å². The van der Waals surface area contributed by atoms with Crippen molar-refractivity contribution in [2.75, 3.05) is 5.32 Å². The minimum atomic E-state index is -0.265. The first-order valence-electron chi connectivity index (χ1n) is 6.15. The summed E-state index contributed by atoms with van der Waals surface area (Å²) >= 11 is 7.52. The second kappa shape index (κ2) is 6.03. The van der Waals surface area contributed by atoms with E-state index >= 15 is 0 Å². The third-order valence-electron chi connectivity index (χ3n) is 2.82. The van der Waals surface area contributed by atoms with E-state index in [9.17, 15) is 4.79 Å². The van der Waals surface area contributed by atoms with Gasteiger partial charge in [0, 0.05) is 35.2 Å². The molecule has 0 aliphatic rings. The standard InChI is InChI=1S/C15H10ClN3OS/c16-13-9-17-5-4-12(13)14(20)19-11-3-1-2-10(8-11)15-18-6-7-21-15/h1-9H,(H,19,20). The highest BCUT2D eigenvalue weighted by molar-refractivity contribution is 7.13. The molecule has 0 aliphatic heterocycles. The van der Waals surface area contributed by atoms with Gasteiger partial charge in [-0.3, -0.25) is 9.78 Å². The van der Waals surface area contributed by atoms with E-state index in [1.54, 1.807) is 23.6 Å². The van der Waals surface area contributed by atoms with Crippen LogP contribution in [0.4, 0.5) is 5.69 Å². The lowest BCUT2D eigenvalue weighted by Crippen LogP contribution is -2.12.